The van der Waals surface area contributed by atoms with E-state index in [1.165, 1.54) is 24.1 Å². The lowest BCUT2D eigenvalue weighted by Crippen LogP contribution is -2.53. The molecular weight excluding hydrogens is 586 g/mol. The Morgan fingerprint density at radius 3 is 2.09 bits per heavy atom. The normalized spacial score (nSPS) is 11.8. The van der Waals surface area contributed by atoms with Gasteiger partial charge in [-0.1, -0.05) is 86.1 Å². The van der Waals surface area contributed by atoms with Crippen molar-refractivity contribution in [3.8, 4) is 5.75 Å². The lowest BCUT2D eigenvalue weighted by atomic mass is 10.0. The van der Waals surface area contributed by atoms with Gasteiger partial charge in [0.25, 0.3) is 10.0 Å². The fourth-order valence-electron chi connectivity index (χ4n) is 5.03. The lowest BCUT2D eigenvalue weighted by molar-refractivity contribution is -0.140. The van der Waals surface area contributed by atoms with Crippen molar-refractivity contribution < 1.29 is 22.7 Å². The van der Waals surface area contributed by atoms with E-state index in [9.17, 15) is 18.0 Å². The fraction of sp³-hybridized carbons (Fsp3) is 0.278. The van der Waals surface area contributed by atoms with Gasteiger partial charge in [0.05, 0.1) is 17.7 Å². The summed E-state index contributed by atoms with van der Waals surface area (Å²) >= 11 is 0. The maximum atomic E-state index is 14.5. The molecule has 4 rings (SSSR count). The van der Waals surface area contributed by atoms with Gasteiger partial charge in [-0.3, -0.25) is 13.9 Å². The monoisotopic (exact) mass is 627 g/mol. The number of sulfonamides is 1. The largest absolute Gasteiger partial charge is 0.497 e. The van der Waals surface area contributed by atoms with E-state index in [4.69, 9.17) is 4.74 Å². The molecule has 1 unspecified atom stereocenters. The zero-order valence-electron chi connectivity index (χ0n) is 26.1. The maximum absolute atomic E-state index is 14.5. The molecule has 0 saturated heterocycles. The minimum atomic E-state index is -4.16. The van der Waals surface area contributed by atoms with Crippen LogP contribution in [0.1, 0.15) is 36.5 Å². The molecule has 8 nitrogen and oxygen atoms in total. The SMILES string of the molecule is CCCCNC(=O)C(Cc1ccccc1)N(Cc1ccccc1C)C(=O)CN(c1ccc(OC)cc1)S(=O)(=O)c1ccccc1. The molecule has 0 bridgehead atoms. The second-order valence-electron chi connectivity index (χ2n) is 10.8. The van der Waals surface area contributed by atoms with Crippen LogP contribution in [-0.4, -0.2) is 51.4 Å². The van der Waals surface area contributed by atoms with Gasteiger partial charge in [-0.15, -0.1) is 0 Å². The highest BCUT2D eigenvalue weighted by Gasteiger charge is 2.34. The first-order chi connectivity index (χ1) is 21.7. The van der Waals surface area contributed by atoms with Gasteiger partial charge in [-0.2, -0.15) is 0 Å². The number of aryl methyl sites for hydroxylation is 1. The fourth-order valence-corrected chi connectivity index (χ4v) is 6.46. The van der Waals surface area contributed by atoms with Crippen LogP contribution in [0.15, 0.2) is 114 Å². The zero-order chi connectivity index (χ0) is 32.2. The molecule has 0 fully saturated rings. The summed E-state index contributed by atoms with van der Waals surface area (Å²) in [5.74, 6) is -0.230. The van der Waals surface area contributed by atoms with Crippen molar-refractivity contribution >= 4 is 27.5 Å². The Bertz CT molecular complexity index is 1650. The predicted octanol–water partition coefficient (Wildman–Crippen LogP) is 5.76. The summed E-state index contributed by atoms with van der Waals surface area (Å²) in [5.41, 5.74) is 3.02. The number of carbonyl (C=O) groups is 2. The Hall–Kier alpha value is -4.63. The van der Waals surface area contributed by atoms with Gasteiger partial charge in [0.15, 0.2) is 0 Å². The number of benzene rings is 4. The van der Waals surface area contributed by atoms with Crippen LogP contribution in [0.5, 0.6) is 5.75 Å². The van der Waals surface area contributed by atoms with E-state index in [0.717, 1.165) is 33.8 Å². The van der Waals surface area contributed by atoms with Gasteiger partial charge in [0, 0.05) is 19.5 Å². The molecule has 236 valence electrons. The molecule has 0 radical (unpaired) electrons. The van der Waals surface area contributed by atoms with Crippen LogP contribution >= 0.6 is 0 Å². The highest BCUT2D eigenvalue weighted by molar-refractivity contribution is 7.92. The highest BCUT2D eigenvalue weighted by Crippen LogP contribution is 2.27. The number of methoxy groups -OCH3 is 1. The maximum Gasteiger partial charge on any atom is 0.264 e. The van der Waals surface area contributed by atoms with E-state index < -0.39 is 28.5 Å². The first-order valence-electron chi connectivity index (χ1n) is 15.1. The Kier molecular flexibility index (Phi) is 11.8. The third kappa shape index (κ3) is 8.73. The molecule has 9 heteroatoms. The Morgan fingerprint density at radius 2 is 1.47 bits per heavy atom. The molecule has 4 aromatic rings. The topological polar surface area (TPSA) is 96.0 Å². The summed E-state index contributed by atoms with van der Waals surface area (Å²) in [6.07, 6.45) is 1.98. The van der Waals surface area contributed by atoms with Gasteiger partial charge in [-0.25, -0.2) is 8.42 Å². The average Bonchev–Trinajstić information content (AvgIpc) is 3.07. The summed E-state index contributed by atoms with van der Waals surface area (Å²) in [6, 6.07) is 30.9. The zero-order valence-corrected chi connectivity index (χ0v) is 26.9. The molecular formula is C36H41N3O5S. The molecule has 0 heterocycles. The van der Waals surface area contributed by atoms with Gasteiger partial charge < -0.3 is 15.0 Å². The minimum absolute atomic E-state index is 0.0530. The molecule has 0 saturated carbocycles. The van der Waals surface area contributed by atoms with E-state index >= 15 is 0 Å². The van der Waals surface area contributed by atoms with Crippen molar-refractivity contribution in [1.82, 2.24) is 10.2 Å². The number of carbonyl (C=O) groups excluding carboxylic acids is 2. The number of hydrogen-bond donors (Lipinski definition) is 1. The van der Waals surface area contributed by atoms with Crippen molar-refractivity contribution in [2.75, 3.05) is 24.5 Å². The van der Waals surface area contributed by atoms with Gasteiger partial charge >= 0.3 is 0 Å². The Balaban J connectivity index is 1.79. The second kappa shape index (κ2) is 15.9. The number of anilines is 1. The summed E-state index contributed by atoms with van der Waals surface area (Å²) in [5, 5.41) is 3.01. The van der Waals surface area contributed by atoms with Crippen LogP contribution in [0.4, 0.5) is 5.69 Å². The number of rotatable bonds is 15. The lowest BCUT2D eigenvalue weighted by Gasteiger charge is -2.34. The average molecular weight is 628 g/mol. The van der Waals surface area contributed by atoms with Crippen molar-refractivity contribution in [2.24, 2.45) is 0 Å². The molecule has 1 N–H and O–H groups in total. The van der Waals surface area contributed by atoms with E-state index in [1.54, 1.807) is 42.5 Å². The number of unbranched alkanes of at least 4 members (excludes halogenated alkanes) is 1. The van der Waals surface area contributed by atoms with E-state index in [1.807, 2.05) is 68.4 Å². The van der Waals surface area contributed by atoms with E-state index in [0.29, 0.717) is 18.0 Å². The van der Waals surface area contributed by atoms with Crippen molar-refractivity contribution in [2.45, 2.75) is 50.6 Å². The third-order valence-electron chi connectivity index (χ3n) is 7.67. The van der Waals surface area contributed by atoms with Crippen LogP contribution in [0.25, 0.3) is 0 Å². The number of ether oxygens (including phenoxy) is 1. The first-order valence-corrected chi connectivity index (χ1v) is 16.6. The summed E-state index contributed by atoms with van der Waals surface area (Å²) < 4.78 is 34.5. The van der Waals surface area contributed by atoms with Crippen LogP contribution < -0.4 is 14.4 Å². The van der Waals surface area contributed by atoms with Crippen LogP contribution in [0.2, 0.25) is 0 Å². The van der Waals surface area contributed by atoms with Crippen LogP contribution in [0.3, 0.4) is 0 Å². The quantitative estimate of drug-likeness (QED) is 0.169. The standard InChI is InChI=1S/C36H41N3O5S/c1-4-5-24-37-36(41)34(25-29-15-8-6-9-16-29)38(26-30-17-13-12-14-28(30)2)35(40)27-39(31-20-22-32(44-3)23-21-31)45(42,43)33-18-10-7-11-19-33/h6-23,34H,4-5,24-27H2,1-3H3,(H,37,41). The molecule has 4 aromatic carbocycles. The van der Waals surface area contributed by atoms with E-state index in [-0.39, 0.29) is 23.8 Å². The Labute approximate surface area is 266 Å². The first kappa shape index (κ1) is 33.3. The van der Waals surface area contributed by atoms with Gasteiger partial charge in [-0.05, 0) is 66.4 Å². The molecule has 0 aliphatic rings. The molecule has 0 aliphatic heterocycles. The molecule has 2 amide bonds. The molecule has 45 heavy (non-hydrogen) atoms. The van der Waals surface area contributed by atoms with Crippen molar-refractivity contribution in [1.29, 1.82) is 0 Å². The van der Waals surface area contributed by atoms with Crippen molar-refractivity contribution in [3.05, 3.63) is 126 Å². The third-order valence-corrected chi connectivity index (χ3v) is 9.46. The summed E-state index contributed by atoms with van der Waals surface area (Å²) in [7, 11) is -2.63. The molecule has 0 aromatic heterocycles. The van der Waals surface area contributed by atoms with Crippen LogP contribution in [0, 0.1) is 6.92 Å². The smallest absolute Gasteiger partial charge is 0.264 e. The molecule has 0 spiro atoms. The number of amides is 2. The summed E-state index contributed by atoms with van der Waals surface area (Å²) in [4.78, 5) is 29.9. The van der Waals surface area contributed by atoms with Gasteiger partial charge in [0.2, 0.25) is 11.8 Å². The highest BCUT2D eigenvalue weighted by atomic mass is 32.2. The van der Waals surface area contributed by atoms with E-state index in [2.05, 4.69) is 5.32 Å². The summed E-state index contributed by atoms with van der Waals surface area (Å²) in [6.45, 7) is 4.10. The Morgan fingerprint density at radius 1 is 0.844 bits per heavy atom. The number of hydrogen-bond acceptors (Lipinski definition) is 5. The van der Waals surface area contributed by atoms with Crippen molar-refractivity contribution in [3.63, 3.8) is 0 Å². The minimum Gasteiger partial charge on any atom is -0.497 e. The molecule has 1 atom stereocenters. The predicted molar refractivity (Wildman–Crippen MR) is 178 cm³/mol. The number of nitrogens with zero attached hydrogens (tertiary/aromatic N) is 2. The molecule has 0 aliphatic carbocycles. The van der Waals surface area contributed by atoms with Gasteiger partial charge in [0.1, 0.15) is 18.3 Å². The number of nitrogens with one attached hydrogen (secondary N) is 1. The second-order valence-corrected chi connectivity index (χ2v) is 12.7. The van der Waals surface area contributed by atoms with Crippen LogP contribution in [-0.2, 0) is 32.6 Å².